The van der Waals surface area contributed by atoms with Crippen LogP contribution in [0.25, 0.3) is 0 Å². The van der Waals surface area contributed by atoms with Crippen molar-refractivity contribution >= 4 is 35.2 Å². The van der Waals surface area contributed by atoms with Crippen LogP contribution in [-0.2, 0) is 0 Å². The van der Waals surface area contributed by atoms with Crippen molar-refractivity contribution in [1.29, 1.82) is 0 Å². The fraction of sp³-hybridized carbons (Fsp3) is 0.231. The smallest absolute Gasteiger partial charge is 0.263 e. The second kappa shape index (κ2) is 8.48. The molecule has 0 radical (unpaired) electrons. The number of hydrogen-bond donors (Lipinski definition) is 1. The molecule has 6 heteroatoms. The molecule has 0 aliphatic carbocycles. The summed E-state index contributed by atoms with van der Waals surface area (Å²) in [5, 5.41) is 0. The van der Waals surface area contributed by atoms with Crippen LogP contribution >= 0.6 is 0 Å². The van der Waals surface area contributed by atoms with Crippen LogP contribution in [0.5, 0.6) is 0 Å². The fourth-order valence-electron chi connectivity index (χ4n) is 4.39. The topological polar surface area (TPSA) is 67.1 Å². The summed E-state index contributed by atoms with van der Waals surface area (Å²) in [7, 11) is 0. The minimum atomic E-state index is -0.0187. The van der Waals surface area contributed by atoms with Gasteiger partial charge in [-0.1, -0.05) is 29.8 Å². The number of carbonyl (C=O) groups is 2. The normalized spacial score (nSPS) is 17.9. The number of rotatable bonds is 4. The zero-order valence-corrected chi connectivity index (χ0v) is 18.0. The first-order valence-corrected chi connectivity index (χ1v) is 11.0. The van der Waals surface area contributed by atoms with Crippen molar-refractivity contribution in [2.24, 2.45) is 10.9 Å². The van der Waals surface area contributed by atoms with Gasteiger partial charge in [-0.05, 0) is 44.0 Å². The summed E-state index contributed by atoms with van der Waals surface area (Å²) in [5.74, 6) is 1.05. The Hall–Kier alpha value is -3.64. The van der Waals surface area contributed by atoms with E-state index in [9.17, 15) is 9.59 Å². The number of likely N-dealkylation sites (tertiary alicyclic amines) is 1. The Labute approximate surface area is 187 Å². The van der Waals surface area contributed by atoms with Crippen molar-refractivity contribution in [2.75, 3.05) is 13.1 Å². The lowest BCUT2D eigenvalue weighted by Crippen LogP contribution is -3.00. The molecule has 1 unspecified atom stereocenters. The van der Waals surface area contributed by atoms with Crippen LogP contribution < -0.4 is 4.90 Å². The number of fused-ring (bicyclic) bond motifs is 1. The number of aliphatic imine (C=N–C) groups is 1. The van der Waals surface area contributed by atoms with Gasteiger partial charge in [-0.25, -0.2) is 9.88 Å². The summed E-state index contributed by atoms with van der Waals surface area (Å²) in [6, 6.07) is 19.2. The zero-order valence-electron chi connectivity index (χ0n) is 18.0. The molecule has 160 valence electrons. The molecule has 5 rings (SSSR count). The lowest BCUT2D eigenvalue weighted by atomic mass is 9.88. The molecule has 0 spiro atoms. The van der Waals surface area contributed by atoms with E-state index in [-0.39, 0.29) is 17.6 Å². The summed E-state index contributed by atoms with van der Waals surface area (Å²) in [6.45, 7) is 3.22. The van der Waals surface area contributed by atoms with E-state index in [1.165, 1.54) is 0 Å². The van der Waals surface area contributed by atoms with Crippen LogP contribution in [0.15, 0.2) is 71.9 Å². The number of benzene rings is 2. The van der Waals surface area contributed by atoms with E-state index in [4.69, 9.17) is 0 Å². The van der Waals surface area contributed by atoms with E-state index < -0.39 is 0 Å². The third-order valence-electron chi connectivity index (χ3n) is 6.31. The van der Waals surface area contributed by atoms with E-state index in [0.717, 1.165) is 33.2 Å². The molecular weight excluding hydrogens is 400 g/mol. The molecule has 0 saturated carbocycles. The van der Waals surface area contributed by atoms with Crippen molar-refractivity contribution in [2.45, 2.75) is 19.8 Å². The number of nitrogens with zero attached hydrogens (tertiary/aromatic N) is 3. The van der Waals surface area contributed by atoms with E-state index in [1.54, 1.807) is 6.20 Å². The quantitative estimate of drug-likeness (QED) is 0.649. The number of ketones is 1. The van der Waals surface area contributed by atoms with Gasteiger partial charge in [-0.2, -0.15) is 4.99 Å². The molecule has 1 aromatic heterocycles. The van der Waals surface area contributed by atoms with E-state index in [2.05, 4.69) is 9.98 Å². The van der Waals surface area contributed by atoms with Gasteiger partial charge < -0.3 is 4.90 Å². The molecule has 2 aromatic carbocycles. The maximum atomic E-state index is 13.0. The first-order valence-electron chi connectivity index (χ1n) is 11.0. The molecule has 1 amide bonds. The van der Waals surface area contributed by atoms with Crippen molar-refractivity contribution in [3.05, 3.63) is 83.6 Å². The van der Waals surface area contributed by atoms with Crippen molar-refractivity contribution in [3.8, 4) is 0 Å². The number of nitrogens with one attached hydrogen (secondary N) is 1. The predicted octanol–water partition coefficient (Wildman–Crippen LogP) is 3.65. The number of carbonyl (C=O) groups excluding carboxylic acids is 2. The van der Waals surface area contributed by atoms with Gasteiger partial charge >= 0.3 is 0 Å². The molecule has 2 aliphatic heterocycles. The Morgan fingerprint density at radius 3 is 2.34 bits per heavy atom. The highest BCUT2D eigenvalue weighted by Crippen LogP contribution is 2.25. The van der Waals surface area contributed by atoms with Crippen molar-refractivity contribution in [3.63, 3.8) is 0 Å². The molecule has 0 bridgehead atoms. The van der Waals surface area contributed by atoms with E-state index >= 15 is 0 Å². The van der Waals surface area contributed by atoms with Crippen LogP contribution in [0.1, 0.15) is 39.1 Å². The van der Waals surface area contributed by atoms with Crippen LogP contribution in [0.4, 0.5) is 17.2 Å². The van der Waals surface area contributed by atoms with Gasteiger partial charge in [0.05, 0.1) is 0 Å². The van der Waals surface area contributed by atoms with Crippen molar-refractivity contribution in [1.82, 2.24) is 9.88 Å². The number of quaternary nitrogens is 1. The molecule has 1 fully saturated rings. The van der Waals surface area contributed by atoms with Gasteiger partial charge in [0.15, 0.2) is 11.5 Å². The highest BCUT2D eigenvalue weighted by Gasteiger charge is 2.29. The van der Waals surface area contributed by atoms with E-state index in [0.29, 0.717) is 31.5 Å². The number of aromatic nitrogens is 1. The summed E-state index contributed by atoms with van der Waals surface area (Å²) in [6.07, 6.45) is 4.99. The largest absolute Gasteiger partial charge is 0.339 e. The standard InChI is InChI=1S/C26H24N4O2/c1-18-4-6-19(7-5-18)24(31)20-12-15-29(16-13-20)26(32)21-8-10-22(11-9-21)30-17-28-23-3-2-14-27-25(23)30/h2-11,14,17,20H,12-13,15-16H2,1H3/p+1. The number of hydrogen-bond acceptors (Lipinski definition) is 4. The number of Topliss-reactive ketones (excluding diaryl/α,β-unsaturated/α-hetero) is 1. The van der Waals surface area contributed by atoms with Gasteiger partial charge in [-0.15, -0.1) is 0 Å². The van der Waals surface area contributed by atoms with Crippen LogP contribution in [0.2, 0.25) is 0 Å². The van der Waals surface area contributed by atoms with Crippen LogP contribution in [0, 0.1) is 12.8 Å². The van der Waals surface area contributed by atoms with Gasteiger partial charge in [0.2, 0.25) is 6.34 Å². The Kier molecular flexibility index (Phi) is 5.37. The average molecular weight is 426 g/mol. The van der Waals surface area contributed by atoms with Gasteiger partial charge in [0.1, 0.15) is 5.69 Å². The Balaban J connectivity index is 1.22. The Morgan fingerprint density at radius 2 is 1.62 bits per heavy atom. The highest BCUT2D eigenvalue weighted by molar-refractivity contribution is 5.98. The maximum Gasteiger partial charge on any atom is 0.263 e. The molecule has 1 N–H and O–H groups in total. The van der Waals surface area contributed by atoms with Gasteiger partial charge in [0, 0.05) is 48.5 Å². The summed E-state index contributed by atoms with van der Waals surface area (Å²) in [5.41, 5.74) is 4.43. The maximum absolute atomic E-state index is 13.0. The SMILES string of the molecule is Cc1ccc(C(=O)C2CCN(C(=O)c3ccc([NH+]4C=Nc5cccnc54)cc3)CC2)cc1. The molecule has 3 aromatic rings. The molecule has 1 atom stereocenters. The van der Waals surface area contributed by atoms with Crippen LogP contribution in [0.3, 0.4) is 0 Å². The number of pyridine rings is 1. The average Bonchev–Trinajstić information content (AvgIpc) is 3.28. The number of piperidine rings is 1. The second-order valence-corrected chi connectivity index (χ2v) is 8.42. The lowest BCUT2D eigenvalue weighted by molar-refractivity contribution is -0.641. The first kappa shape index (κ1) is 20.3. The fourth-order valence-corrected chi connectivity index (χ4v) is 4.39. The monoisotopic (exact) mass is 425 g/mol. The first-order chi connectivity index (χ1) is 15.6. The van der Waals surface area contributed by atoms with Gasteiger partial charge in [0.25, 0.3) is 11.7 Å². The molecule has 2 aliphatic rings. The molecule has 3 heterocycles. The zero-order chi connectivity index (χ0) is 22.1. The van der Waals surface area contributed by atoms with Gasteiger partial charge in [-0.3, -0.25) is 9.59 Å². The van der Waals surface area contributed by atoms with Crippen molar-refractivity contribution < 1.29 is 14.5 Å². The third kappa shape index (κ3) is 3.85. The minimum Gasteiger partial charge on any atom is -0.339 e. The summed E-state index contributed by atoms with van der Waals surface area (Å²) < 4.78 is 0. The highest BCUT2D eigenvalue weighted by atomic mass is 16.2. The van der Waals surface area contributed by atoms with Crippen LogP contribution in [-0.4, -0.2) is 41.0 Å². The molecular formula is C26H25N4O2+. The molecule has 1 saturated heterocycles. The van der Waals surface area contributed by atoms with E-state index in [1.807, 2.05) is 78.8 Å². The summed E-state index contributed by atoms with van der Waals surface area (Å²) >= 11 is 0. The third-order valence-corrected chi connectivity index (χ3v) is 6.31. The number of aryl methyl sites for hydroxylation is 1. The molecule has 32 heavy (non-hydrogen) atoms. The minimum absolute atomic E-state index is 0.0152. The molecule has 6 nitrogen and oxygen atoms in total. The summed E-state index contributed by atoms with van der Waals surface area (Å²) in [4.78, 5) is 37.5. The predicted molar refractivity (Wildman–Crippen MR) is 123 cm³/mol. The Bertz CT molecular complexity index is 1180. The number of amides is 1. The second-order valence-electron chi connectivity index (χ2n) is 8.42. The Morgan fingerprint density at radius 1 is 0.938 bits per heavy atom. The lowest BCUT2D eigenvalue weighted by Gasteiger charge is -2.31.